The molecule has 4 nitrogen and oxygen atoms in total. The Morgan fingerprint density at radius 1 is 1.11 bits per heavy atom. The number of aromatic nitrogens is 1. The third kappa shape index (κ3) is 4.49. The van der Waals surface area contributed by atoms with E-state index in [-0.39, 0.29) is 5.91 Å². The Hall–Kier alpha value is -1.66. The Balaban J connectivity index is 2.02. The van der Waals surface area contributed by atoms with Gasteiger partial charge in [0.05, 0.1) is 20.8 Å². The molecule has 0 unspecified atom stereocenters. The number of thiazole rings is 1. The SMILES string of the molecule is CCN(CC)CCN(C(=O)c1ccccc1Cl)c1nc2c(C)cc(Cl)cc2s1. The first-order valence-corrected chi connectivity index (χ1v) is 10.9. The third-order valence-corrected chi connectivity index (χ3v) is 6.33. The summed E-state index contributed by atoms with van der Waals surface area (Å²) in [5.74, 6) is -0.138. The third-order valence-electron chi connectivity index (χ3n) is 4.75. The molecular weight excluding hydrogens is 413 g/mol. The largest absolute Gasteiger partial charge is 0.302 e. The quantitative estimate of drug-likeness (QED) is 0.463. The molecule has 0 bridgehead atoms. The predicted octanol–water partition coefficient (Wildman–Crippen LogP) is 5.90. The van der Waals surface area contributed by atoms with E-state index >= 15 is 0 Å². The molecule has 0 aliphatic carbocycles. The van der Waals surface area contributed by atoms with Crippen molar-refractivity contribution in [3.05, 3.63) is 57.6 Å². The van der Waals surface area contributed by atoms with Crippen LogP contribution < -0.4 is 4.90 Å². The van der Waals surface area contributed by atoms with Crippen LogP contribution in [0.25, 0.3) is 10.2 Å². The molecule has 0 N–H and O–H groups in total. The predicted molar refractivity (Wildman–Crippen MR) is 120 cm³/mol. The highest BCUT2D eigenvalue weighted by Gasteiger charge is 2.24. The van der Waals surface area contributed by atoms with Crippen LogP contribution in [0, 0.1) is 6.92 Å². The highest BCUT2D eigenvalue weighted by Crippen LogP contribution is 2.34. The lowest BCUT2D eigenvalue weighted by Crippen LogP contribution is -2.39. The van der Waals surface area contributed by atoms with Crippen molar-refractivity contribution in [2.75, 3.05) is 31.1 Å². The van der Waals surface area contributed by atoms with Crippen LogP contribution in [0.15, 0.2) is 36.4 Å². The second-order valence-corrected chi connectivity index (χ2v) is 8.38. The highest BCUT2D eigenvalue weighted by atomic mass is 35.5. The van der Waals surface area contributed by atoms with E-state index in [2.05, 4.69) is 18.7 Å². The normalized spacial score (nSPS) is 11.4. The van der Waals surface area contributed by atoms with Gasteiger partial charge < -0.3 is 4.90 Å². The number of amides is 1. The molecule has 7 heteroatoms. The molecule has 3 aromatic rings. The molecule has 28 heavy (non-hydrogen) atoms. The van der Waals surface area contributed by atoms with Crippen molar-refractivity contribution < 1.29 is 4.79 Å². The minimum Gasteiger partial charge on any atom is -0.302 e. The molecule has 0 atom stereocenters. The van der Waals surface area contributed by atoms with Crippen molar-refractivity contribution >= 4 is 55.8 Å². The number of anilines is 1. The van der Waals surface area contributed by atoms with E-state index in [1.54, 1.807) is 17.0 Å². The van der Waals surface area contributed by atoms with Gasteiger partial charge in [0.2, 0.25) is 0 Å². The van der Waals surface area contributed by atoms with Gasteiger partial charge in [0.1, 0.15) is 0 Å². The van der Waals surface area contributed by atoms with Gasteiger partial charge in [-0.2, -0.15) is 0 Å². The highest BCUT2D eigenvalue weighted by molar-refractivity contribution is 7.22. The number of benzene rings is 2. The smallest absolute Gasteiger partial charge is 0.261 e. The molecule has 0 spiro atoms. The van der Waals surface area contributed by atoms with E-state index in [4.69, 9.17) is 28.2 Å². The number of likely N-dealkylation sites (N-methyl/N-ethyl adjacent to an activating group) is 1. The molecule has 1 aromatic heterocycles. The van der Waals surface area contributed by atoms with Gasteiger partial charge in [-0.3, -0.25) is 9.69 Å². The molecule has 148 valence electrons. The molecule has 3 rings (SSSR count). The van der Waals surface area contributed by atoms with Crippen molar-refractivity contribution in [3.8, 4) is 0 Å². The summed E-state index contributed by atoms with van der Waals surface area (Å²) in [4.78, 5) is 22.1. The minimum absolute atomic E-state index is 0.138. The lowest BCUT2D eigenvalue weighted by atomic mass is 10.2. The Kier molecular flexibility index (Phi) is 6.94. The van der Waals surface area contributed by atoms with Gasteiger partial charge in [-0.15, -0.1) is 0 Å². The zero-order chi connectivity index (χ0) is 20.3. The van der Waals surface area contributed by atoms with Crippen molar-refractivity contribution in [2.45, 2.75) is 20.8 Å². The van der Waals surface area contributed by atoms with Crippen LogP contribution in [0.5, 0.6) is 0 Å². The zero-order valence-electron chi connectivity index (χ0n) is 16.2. The maximum Gasteiger partial charge on any atom is 0.261 e. The van der Waals surface area contributed by atoms with Gasteiger partial charge in [-0.1, -0.05) is 60.5 Å². The number of halogens is 2. The molecule has 0 saturated heterocycles. The molecule has 0 aliphatic heterocycles. The first kappa shape index (κ1) is 21.1. The molecule has 1 heterocycles. The van der Waals surface area contributed by atoms with E-state index in [0.717, 1.165) is 35.4 Å². The van der Waals surface area contributed by atoms with Crippen molar-refractivity contribution in [2.24, 2.45) is 0 Å². The van der Waals surface area contributed by atoms with Gasteiger partial charge in [-0.05, 0) is 49.8 Å². The summed E-state index contributed by atoms with van der Waals surface area (Å²) in [6.07, 6.45) is 0. The first-order valence-electron chi connectivity index (χ1n) is 9.30. The summed E-state index contributed by atoms with van der Waals surface area (Å²) >= 11 is 14.0. The van der Waals surface area contributed by atoms with E-state index in [1.165, 1.54) is 11.3 Å². The lowest BCUT2D eigenvalue weighted by molar-refractivity contribution is 0.0984. The number of aryl methyl sites for hydroxylation is 1. The molecular formula is C21H23Cl2N3OS. The van der Waals surface area contributed by atoms with E-state index in [0.29, 0.717) is 27.3 Å². The first-order chi connectivity index (χ1) is 13.4. The van der Waals surface area contributed by atoms with Gasteiger partial charge in [-0.25, -0.2) is 4.98 Å². The summed E-state index contributed by atoms with van der Waals surface area (Å²) in [6.45, 7) is 9.38. The summed E-state index contributed by atoms with van der Waals surface area (Å²) in [7, 11) is 0. The number of carbonyl (C=O) groups is 1. The van der Waals surface area contributed by atoms with Gasteiger partial charge in [0.15, 0.2) is 5.13 Å². The number of rotatable bonds is 7. The molecule has 0 fully saturated rings. The van der Waals surface area contributed by atoms with Crippen LogP contribution in [-0.2, 0) is 0 Å². The van der Waals surface area contributed by atoms with Crippen LogP contribution >= 0.6 is 34.5 Å². The van der Waals surface area contributed by atoms with E-state index < -0.39 is 0 Å². The Bertz CT molecular complexity index is 985. The molecule has 0 aliphatic rings. The summed E-state index contributed by atoms with van der Waals surface area (Å²) < 4.78 is 0.972. The monoisotopic (exact) mass is 435 g/mol. The standard InChI is InChI=1S/C21H23Cl2N3OS/c1-4-25(5-2)10-11-26(20(27)16-8-6-7-9-17(16)23)21-24-19-14(3)12-15(22)13-18(19)28-21/h6-9,12-13H,4-5,10-11H2,1-3H3. The van der Waals surface area contributed by atoms with Gasteiger partial charge >= 0.3 is 0 Å². The molecule has 2 aromatic carbocycles. The summed E-state index contributed by atoms with van der Waals surface area (Å²) in [5.41, 5.74) is 2.36. The van der Waals surface area contributed by atoms with Crippen molar-refractivity contribution in [1.29, 1.82) is 0 Å². The van der Waals surface area contributed by atoms with Crippen LogP contribution in [-0.4, -0.2) is 42.0 Å². The molecule has 1 amide bonds. The van der Waals surface area contributed by atoms with Crippen molar-refractivity contribution in [3.63, 3.8) is 0 Å². The van der Waals surface area contributed by atoms with Crippen molar-refractivity contribution in [1.82, 2.24) is 9.88 Å². The Labute approximate surface area is 179 Å². The van der Waals surface area contributed by atoms with Crippen LogP contribution in [0.2, 0.25) is 10.0 Å². The van der Waals surface area contributed by atoms with Gasteiger partial charge in [0.25, 0.3) is 5.91 Å². The van der Waals surface area contributed by atoms with Crippen LogP contribution in [0.1, 0.15) is 29.8 Å². The topological polar surface area (TPSA) is 36.4 Å². The summed E-state index contributed by atoms with van der Waals surface area (Å²) in [5, 5.41) is 1.78. The second-order valence-electron chi connectivity index (χ2n) is 6.53. The average molecular weight is 436 g/mol. The Morgan fingerprint density at radius 2 is 1.82 bits per heavy atom. The summed E-state index contributed by atoms with van der Waals surface area (Å²) in [6, 6.07) is 10.9. The maximum absolute atomic E-state index is 13.3. The number of nitrogens with zero attached hydrogens (tertiary/aromatic N) is 3. The lowest BCUT2D eigenvalue weighted by Gasteiger charge is -2.25. The molecule has 0 radical (unpaired) electrons. The van der Waals surface area contributed by atoms with E-state index in [9.17, 15) is 4.79 Å². The second kappa shape index (κ2) is 9.23. The fourth-order valence-corrected chi connectivity index (χ4v) is 4.76. The molecule has 0 saturated carbocycles. The number of hydrogen-bond donors (Lipinski definition) is 0. The number of carbonyl (C=O) groups excluding carboxylic acids is 1. The fraction of sp³-hybridized carbons (Fsp3) is 0.333. The number of hydrogen-bond acceptors (Lipinski definition) is 4. The fourth-order valence-electron chi connectivity index (χ4n) is 3.10. The minimum atomic E-state index is -0.138. The van der Waals surface area contributed by atoms with Crippen LogP contribution in [0.3, 0.4) is 0 Å². The maximum atomic E-state index is 13.3. The zero-order valence-corrected chi connectivity index (χ0v) is 18.5. The number of fused-ring (bicyclic) bond motifs is 1. The average Bonchev–Trinajstić information content (AvgIpc) is 3.09. The Morgan fingerprint density at radius 3 is 2.50 bits per heavy atom. The van der Waals surface area contributed by atoms with Gasteiger partial charge in [0, 0.05) is 18.1 Å². The van der Waals surface area contributed by atoms with E-state index in [1.807, 2.05) is 31.2 Å². The van der Waals surface area contributed by atoms with Crippen LogP contribution in [0.4, 0.5) is 5.13 Å².